The second-order valence-corrected chi connectivity index (χ2v) is 8.75. The molecule has 27 heavy (non-hydrogen) atoms. The minimum absolute atomic E-state index is 0.0128. The number of rotatable bonds is 7. The molecule has 0 saturated carbocycles. The van der Waals surface area contributed by atoms with Crippen molar-refractivity contribution in [2.75, 3.05) is 5.32 Å². The fourth-order valence-corrected chi connectivity index (χ4v) is 3.23. The molecule has 1 aromatic heterocycles. The quantitative estimate of drug-likeness (QED) is 0.557. The van der Waals surface area contributed by atoms with Crippen LogP contribution in [0.2, 0.25) is 10.0 Å². The molecule has 1 N–H and O–H groups in total. The maximum absolute atomic E-state index is 12.8. The molecule has 2 aromatic rings. The molecule has 0 radical (unpaired) electrons. The molecule has 148 valence electrons. The Morgan fingerprint density at radius 1 is 1.22 bits per heavy atom. The summed E-state index contributed by atoms with van der Waals surface area (Å²) in [5, 5.41) is 8.87. The first-order valence-electron chi connectivity index (χ1n) is 9.54. The zero-order chi connectivity index (χ0) is 20.2. The van der Waals surface area contributed by atoms with Crippen molar-refractivity contribution in [3.05, 3.63) is 40.0 Å². The fourth-order valence-electron chi connectivity index (χ4n) is 2.87. The van der Waals surface area contributed by atoms with Gasteiger partial charge in [0, 0.05) is 22.4 Å². The lowest BCUT2D eigenvalue weighted by Gasteiger charge is -2.16. The van der Waals surface area contributed by atoms with Crippen molar-refractivity contribution >= 4 is 34.9 Å². The highest BCUT2D eigenvalue weighted by Gasteiger charge is 2.24. The molecule has 1 aromatic carbocycles. The molecule has 6 heteroatoms. The molecule has 0 aliphatic rings. The number of benzene rings is 1. The number of aromatic nitrogens is 2. The summed E-state index contributed by atoms with van der Waals surface area (Å²) in [4.78, 5) is 12.8. The van der Waals surface area contributed by atoms with Crippen LogP contribution < -0.4 is 5.32 Å². The number of carbonyl (C=O) groups excluding carboxylic acids is 1. The molecule has 2 rings (SSSR count). The first-order chi connectivity index (χ1) is 12.7. The van der Waals surface area contributed by atoms with Crippen LogP contribution in [0, 0.1) is 5.92 Å². The van der Waals surface area contributed by atoms with Gasteiger partial charge in [-0.05, 0) is 31.0 Å². The fraction of sp³-hybridized carbons (Fsp3) is 0.524. The summed E-state index contributed by atoms with van der Waals surface area (Å²) >= 11 is 12.6. The molecule has 0 spiro atoms. The zero-order valence-electron chi connectivity index (χ0n) is 16.8. The Morgan fingerprint density at radius 2 is 1.93 bits per heavy atom. The summed E-state index contributed by atoms with van der Waals surface area (Å²) in [6.07, 6.45) is 3.81. The average Bonchev–Trinajstić information content (AvgIpc) is 3.01. The lowest BCUT2D eigenvalue weighted by molar-refractivity contribution is -0.120. The van der Waals surface area contributed by atoms with Gasteiger partial charge in [-0.25, -0.2) is 4.68 Å². The smallest absolute Gasteiger partial charge is 0.228 e. The predicted octanol–water partition coefficient (Wildman–Crippen LogP) is 6.63. The largest absolute Gasteiger partial charge is 0.310 e. The van der Waals surface area contributed by atoms with E-state index in [2.05, 4.69) is 33.0 Å². The average molecular weight is 410 g/mol. The molecule has 1 unspecified atom stereocenters. The van der Waals surface area contributed by atoms with Crippen molar-refractivity contribution < 1.29 is 4.79 Å². The van der Waals surface area contributed by atoms with E-state index in [1.54, 1.807) is 22.9 Å². The summed E-state index contributed by atoms with van der Waals surface area (Å²) in [5.74, 6) is 0.621. The summed E-state index contributed by atoms with van der Waals surface area (Å²) in [6, 6.07) is 7.14. The van der Waals surface area contributed by atoms with E-state index in [9.17, 15) is 4.79 Å². The van der Waals surface area contributed by atoms with Crippen molar-refractivity contribution in [2.45, 2.75) is 65.7 Å². The van der Waals surface area contributed by atoms with Crippen molar-refractivity contribution in [1.29, 1.82) is 0 Å². The van der Waals surface area contributed by atoms with Gasteiger partial charge < -0.3 is 5.32 Å². The highest BCUT2D eigenvalue weighted by Crippen LogP contribution is 2.31. The van der Waals surface area contributed by atoms with Gasteiger partial charge in [-0.1, -0.05) is 70.7 Å². The zero-order valence-corrected chi connectivity index (χ0v) is 18.3. The van der Waals surface area contributed by atoms with Crippen molar-refractivity contribution in [1.82, 2.24) is 9.78 Å². The van der Waals surface area contributed by atoms with Gasteiger partial charge in [-0.3, -0.25) is 4.79 Å². The summed E-state index contributed by atoms with van der Waals surface area (Å²) < 4.78 is 1.68. The van der Waals surface area contributed by atoms with E-state index in [1.807, 2.05) is 13.0 Å². The van der Waals surface area contributed by atoms with E-state index in [-0.39, 0.29) is 17.2 Å². The van der Waals surface area contributed by atoms with Crippen LogP contribution >= 0.6 is 23.2 Å². The number of nitrogens with zero attached hydrogens (tertiary/aromatic N) is 2. The molecule has 0 aliphatic carbocycles. The highest BCUT2D eigenvalue weighted by molar-refractivity contribution is 6.34. The number of hydrogen-bond donors (Lipinski definition) is 1. The number of carbonyl (C=O) groups is 1. The molecule has 1 atom stereocenters. The molecular formula is C21H29Cl2N3O. The van der Waals surface area contributed by atoms with Crippen LogP contribution in [0.15, 0.2) is 24.3 Å². The molecule has 0 bridgehead atoms. The van der Waals surface area contributed by atoms with Gasteiger partial charge in [0.05, 0.1) is 16.4 Å². The van der Waals surface area contributed by atoms with Gasteiger partial charge in [0.15, 0.2) is 0 Å². The van der Waals surface area contributed by atoms with E-state index in [4.69, 9.17) is 28.3 Å². The Kier molecular flexibility index (Phi) is 7.35. The van der Waals surface area contributed by atoms with Gasteiger partial charge in [0.25, 0.3) is 0 Å². The van der Waals surface area contributed by atoms with E-state index >= 15 is 0 Å². The van der Waals surface area contributed by atoms with Crippen LogP contribution in [0.25, 0.3) is 5.69 Å². The number of anilines is 1. The Bertz CT molecular complexity index is 793. The van der Waals surface area contributed by atoms with Gasteiger partial charge in [-0.2, -0.15) is 5.10 Å². The summed E-state index contributed by atoms with van der Waals surface area (Å²) in [6.45, 7) is 10.4. The van der Waals surface area contributed by atoms with E-state index in [1.165, 1.54) is 0 Å². The highest BCUT2D eigenvalue weighted by atomic mass is 35.5. The molecule has 4 nitrogen and oxygen atoms in total. The lowest BCUT2D eigenvalue weighted by atomic mass is 9.92. The van der Waals surface area contributed by atoms with Gasteiger partial charge >= 0.3 is 0 Å². The van der Waals surface area contributed by atoms with Gasteiger partial charge in [-0.15, -0.1) is 0 Å². The molecule has 0 saturated heterocycles. The van der Waals surface area contributed by atoms with E-state index in [0.717, 1.165) is 31.4 Å². The second-order valence-electron chi connectivity index (χ2n) is 7.91. The molecule has 0 fully saturated rings. The van der Waals surface area contributed by atoms with Crippen molar-refractivity contribution in [3.8, 4) is 5.69 Å². The Morgan fingerprint density at radius 3 is 2.52 bits per heavy atom. The minimum atomic E-state index is -0.165. The van der Waals surface area contributed by atoms with Crippen molar-refractivity contribution in [3.63, 3.8) is 0 Å². The first kappa shape index (κ1) is 21.8. The SMILES string of the molecule is CCCCC(CC)C(=O)Nc1cc(C(C)(C)C)nn1-c1cc(Cl)ccc1Cl. The maximum atomic E-state index is 12.8. The predicted molar refractivity (Wildman–Crippen MR) is 114 cm³/mol. The third kappa shape index (κ3) is 5.49. The third-order valence-corrected chi connectivity index (χ3v) is 5.19. The molecule has 1 amide bonds. The number of amides is 1. The van der Waals surface area contributed by atoms with Gasteiger partial charge in [0.1, 0.15) is 5.82 Å². The van der Waals surface area contributed by atoms with E-state index in [0.29, 0.717) is 21.6 Å². The lowest BCUT2D eigenvalue weighted by Crippen LogP contribution is -2.23. The number of hydrogen-bond acceptors (Lipinski definition) is 2. The normalized spacial score (nSPS) is 12.9. The first-order valence-corrected chi connectivity index (χ1v) is 10.3. The van der Waals surface area contributed by atoms with Crippen molar-refractivity contribution in [2.24, 2.45) is 5.92 Å². The summed E-state index contributed by atoms with van der Waals surface area (Å²) in [7, 11) is 0. The monoisotopic (exact) mass is 409 g/mol. The van der Waals surface area contributed by atoms with Crippen LogP contribution in [0.5, 0.6) is 0 Å². The summed E-state index contributed by atoms with van der Waals surface area (Å²) in [5.41, 5.74) is 1.36. The van der Waals surface area contributed by atoms with Crippen LogP contribution in [0.4, 0.5) is 5.82 Å². The topological polar surface area (TPSA) is 46.9 Å². The molecule has 0 aliphatic heterocycles. The second kappa shape index (κ2) is 9.11. The molecule has 1 heterocycles. The Hall–Kier alpha value is -1.52. The van der Waals surface area contributed by atoms with Crippen LogP contribution in [0.1, 0.15) is 66.0 Å². The third-order valence-electron chi connectivity index (χ3n) is 4.64. The van der Waals surface area contributed by atoms with E-state index < -0.39 is 0 Å². The van der Waals surface area contributed by atoms with Crippen LogP contribution in [0.3, 0.4) is 0 Å². The Balaban J connectivity index is 2.44. The maximum Gasteiger partial charge on any atom is 0.228 e. The number of nitrogens with one attached hydrogen (secondary N) is 1. The van der Waals surface area contributed by atoms with Gasteiger partial charge in [0.2, 0.25) is 5.91 Å². The molecular weight excluding hydrogens is 381 g/mol. The number of unbranched alkanes of at least 4 members (excludes halogenated alkanes) is 1. The Labute approximate surface area is 172 Å². The minimum Gasteiger partial charge on any atom is -0.310 e. The van der Waals surface area contributed by atoms with Crippen LogP contribution in [-0.4, -0.2) is 15.7 Å². The number of halogens is 2. The van der Waals surface area contributed by atoms with Crippen LogP contribution in [-0.2, 0) is 10.2 Å². The standard InChI is InChI=1S/C21H29Cl2N3O/c1-6-8-9-14(7-2)20(27)24-19-13-18(21(3,4)5)25-26(19)17-12-15(22)10-11-16(17)23/h10-14H,6-9H2,1-5H3,(H,24,27).